The fraction of sp³-hybridized carbons (Fsp3) is 0.310. The van der Waals surface area contributed by atoms with Crippen LogP contribution in [-0.2, 0) is 17.8 Å². The number of pyridine rings is 1. The van der Waals surface area contributed by atoms with Crippen molar-refractivity contribution in [3.63, 3.8) is 0 Å². The molecule has 1 N–H and O–H groups in total. The molecular formula is C29H33N3O. The Kier molecular flexibility index (Phi) is 7.36. The number of amides is 1. The van der Waals surface area contributed by atoms with Crippen LogP contribution in [0.1, 0.15) is 29.5 Å². The van der Waals surface area contributed by atoms with E-state index in [9.17, 15) is 4.79 Å². The molecular weight excluding hydrogens is 406 g/mol. The van der Waals surface area contributed by atoms with Crippen molar-refractivity contribution >= 4 is 5.91 Å². The van der Waals surface area contributed by atoms with Crippen LogP contribution in [0.3, 0.4) is 0 Å². The second-order valence-corrected chi connectivity index (χ2v) is 9.11. The van der Waals surface area contributed by atoms with Gasteiger partial charge in [0.15, 0.2) is 0 Å². The largest absolute Gasteiger partial charge is 0.352 e. The van der Waals surface area contributed by atoms with Crippen molar-refractivity contribution in [1.29, 1.82) is 0 Å². The van der Waals surface area contributed by atoms with Gasteiger partial charge < -0.3 is 5.32 Å². The Bertz CT molecular complexity index is 1080. The van der Waals surface area contributed by atoms with Gasteiger partial charge in [-0.1, -0.05) is 60.7 Å². The van der Waals surface area contributed by atoms with E-state index in [-0.39, 0.29) is 5.91 Å². The molecule has 4 nitrogen and oxygen atoms in total. The van der Waals surface area contributed by atoms with Crippen molar-refractivity contribution in [3.8, 4) is 11.1 Å². The summed E-state index contributed by atoms with van der Waals surface area (Å²) in [5, 5.41) is 3.10. The van der Waals surface area contributed by atoms with E-state index in [4.69, 9.17) is 0 Å². The zero-order valence-electron chi connectivity index (χ0n) is 19.5. The molecule has 0 radical (unpaired) electrons. The molecule has 2 aromatic carbocycles. The first kappa shape index (κ1) is 22.9. The Morgan fingerprint density at radius 2 is 1.88 bits per heavy atom. The summed E-state index contributed by atoms with van der Waals surface area (Å²) in [5.41, 5.74) is 5.74. The molecule has 1 amide bonds. The molecule has 1 aromatic heterocycles. The van der Waals surface area contributed by atoms with Crippen LogP contribution in [-0.4, -0.2) is 35.4 Å². The second-order valence-electron chi connectivity index (χ2n) is 9.11. The number of nitrogens with zero attached hydrogens (tertiary/aromatic N) is 2. The Morgan fingerprint density at radius 3 is 2.61 bits per heavy atom. The lowest BCUT2D eigenvalue weighted by molar-refractivity contribution is -0.133. The molecule has 3 aromatic rings. The molecule has 0 spiro atoms. The van der Waals surface area contributed by atoms with Gasteiger partial charge >= 0.3 is 0 Å². The van der Waals surface area contributed by atoms with Crippen LogP contribution < -0.4 is 5.32 Å². The summed E-state index contributed by atoms with van der Waals surface area (Å²) in [4.78, 5) is 20.0. The normalized spacial score (nSPS) is 15.7. The summed E-state index contributed by atoms with van der Waals surface area (Å²) in [6.45, 7) is 9.08. The maximum absolute atomic E-state index is 13.4. The van der Waals surface area contributed by atoms with Crippen LogP contribution in [0.4, 0.5) is 0 Å². The first-order valence-electron chi connectivity index (χ1n) is 11.7. The third kappa shape index (κ3) is 5.58. The fourth-order valence-electron chi connectivity index (χ4n) is 4.86. The number of hydrogen-bond donors (Lipinski definition) is 1. The van der Waals surface area contributed by atoms with Gasteiger partial charge in [-0.25, -0.2) is 0 Å². The Morgan fingerprint density at radius 1 is 1.09 bits per heavy atom. The van der Waals surface area contributed by atoms with Crippen molar-refractivity contribution in [1.82, 2.24) is 15.2 Å². The molecule has 1 saturated heterocycles. The highest BCUT2D eigenvalue weighted by Gasteiger charge is 2.41. The maximum atomic E-state index is 13.4. The van der Waals surface area contributed by atoms with Crippen molar-refractivity contribution in [2.75, 3.05) is 19.6 Å². The third-order valence-electron chi connectivity index (χ3n) is 6.76. The maximum Gasteiger partial charge on any atom is 0.226 e. The lowest BCUT2D eigenvalue weighted by Gasteiger charge is -2.41. The van der Waals surface area contributed by atoms with Gasteiger partial charge in [-0.15, -0.1) is 6.58 Å². The van der Waals surface area contributed by atoms with Crippen LogP contribution in [0.25, 0.3) is 11.1 Å². The average Bonchev–Trinajstić information content (AvgIpc) is 2.85. The zero-order valence-corrected chi connectivity index (χ0v) is 19.5. The van der Waals surface area contributed by atoms with Gasteiger partial charge in [0.1, 0.15) is 0 Å². The molecule has 0 atom stereocenters. The van der Waals surface area contributed by atoms with E-state index in [0.717, 1.165) is 38.9 Å². The van der Waals surface area contributed by atoms with E-state index in [1.807, 2.05) is 12.3 Å². The predicted octanol–water partition coefficient (Wildman–Crippen LogP) is 5.18. The van der Waals surface area contributed by atoms with Crippen LogP contribution in [0, 0.1) is 12.3 Å². The smallest absolute Gasteiger partial charge is 0.226 e. The SMILES string of the molecule is C=CCNC(=O)C1(Cc2cccc(-c3ccccc3C)c2)CCN(Cc2cccnc2)CC1. The summed E-state index contributed by atoms with van der Waals surface area (Å²) in [5.74, 6) is 0.143. The minimum absolute atomic E-state index is 0.143. The number of likely N-dealkylation sites (tertiary alicyclic amines) is 1. The summed E-state index contributed by atoms with van der Waals surface area (Å²) >= 11 is 0. The first-order chi connectivity index (χ1) is 16.1. The number of nitrogens with one attached hydrogen (secondary N) is 1. The number of rotatable bonds is 8. The van der Waals surface area contributed by atoms with E-state index < -0.39 is 5.41 Å². The molecule has 1 aliphatic heterocycles. The second kappa shape index (κ2) is 10.6. The van der Waals surface area contributed by atoms with Gasteiger partial charge in [-0.2, -0.15) is 0 Å². The summed E-state index contributed by atoms with van der Waals surface area (Å²) in [7, 11) is 0. The molecule has 170 valence electrons. The minimum atomic E-state index is -0.404. The molecule has 4 rings (SSSR count). The number of carbonyl (C=O) groups is 1. The van der Waals surface area contributed by atoms with Gasteiger partial charge in [-0.3, -0.25) is 14.7 Å². The number of piperidine rings is 1. The highest BCUT2D eigenvalue weighted by atomic mass is 16.2. The zero-order chi connectivity index (χ0) is 23.1. The standard InChI is InChI=1S/C29H33N3O/c1-3-15-31-28(33)29(13-17-32(18-14-29)22-25-10-7-16-30-21-25)20-24-9-6-11-26(19-24)27-12-5-4-8-23(27)2/h3-12,16,19,21H,1,13-15,17-18,20,22H2,2H3,(H,31,33). The first-order valence-corrected chi connectivity index (χ1v) is 11.7. The van der Waals surface area contributed by atoms with E-state index in [1.54, 1.807) is 12.3 Å². The number of benzene rings is 2. The van der Waals surface area contributed by atoms with Crippen molar-refractivity contribution in [2.45, 2.75) is 32.7 Å². The molecule has 2 heterocycles. The van der Waals surface area contributed by atoms with Crippen molar-refractivity contribution < 1.29 is 4.79 Å². The number of aromatic nitrogens is 1. The third-order valence-corrected chi connectivity index (χ3v) is 6.76. The predicted molar refractivity (Wildman–Crippen MR) is 135 cm³/mol. The van der Waals surface area contributed by atoms with E-state index in [0.29, 0.717) is 6.54 Å². The summed E-state index contributed by atoms with van der Waals surface area (Å²) in [6, 6.07) is 21.2. The van der Waals surface area contributed by atoms with Gasteiger partial charge in [-0.05, 0) is 73.2 Å². The molecule has 0 unspecified atom stereocenters. The van der Waals surface area contributed by atoms with Crippen molar-refractivity contribution in [2.24, 2.45) is 5.41 Å². The Hall–Kier alpha value is -3.24. The highest BCUT2D eigenvalue weighted by Crippen LogP contribution is 2.37. The minimum Gasteiger partial charge on any atom is -0.352 e. The Labute approximate surface area is 197 Å². The van der Waals surface area contributed by atoms with Crippen LogP contribution in [0.2, 0.25) is 0 Å². The van der Waals surface area contributed by atoms with Gasteiger partial charge in [0.05, 0.1) is 5.41 Å². The van der Waals surface area contributed by atoms with Gasteiger partial charge in [0, 0.05) is 25.5 Å². The van der Waals surface area contributed by atoms with Crippen molar-refractivity contribution in [3.05, 3.63) is 102 Å². The van der Waals surface area contributed by atoms with Crippen LogP contribution in [0.5, 0.6) is 0 Å². The molecule has 0 bridgehead atoms. The average molecular weight is 440 g/mol. The number of aryl methyl sites for hydroxylation is 1. The fourth-order valence-corrected chi connectivity index (χ4v) is 4.86. The Balaban J connectivity index is 1.53. The molecule has 33 heavy (non-hydrogen) atoms. The molecule has 4 heteroatoms. The lowest BCUT2D eigenvalue weighted by Crippen LogP contribution is -2.50. The highest BCUT2D eigenvalue weighted by molar-refractivity contribution is 5.83. The van der Waals surface area contributed by atoms with Gasteiger partial charge in [0.2, 0.25) is 5.91 Å². The summed E-state index contributed by atoms with van der Waals surface area (Å²) in [6.07, 6.45) is 7.91. The van der Waals surface area contributed by atoms with Crippen LogP contribution in [0.15, 0.2) is 85.7 Å². The van der Waals surface area contributed by atoms with E-state index >= 15 is 0 Å². The molecule has 0 saturated carbocycles. The topological polar surface area (TPSA) is 45.2 Å². The molecule has 1 aliphatic rings. The molecule has 0 aliphatic carbocycles. The van der Waals surface area contributed by atoms with Crippen LogP contribution >= 0.6 is 0 Å². The number of hydrogen-bond acceptors (Lipinski definition) is 3. The lowest BCUT2D eigenvalue weighted by atomic mass is 9.72. The number of carbonyl (C=O) groups excluding carboxylic acids is 1. The quantitative estimate of drug-likeness (QED) is 0.492. The molecule has 1 fully saturated rings. The summed E-state index contributed by atoms with van der Waals surface area (Å²) < 4.78 is 0. The monoisotopic (exact) mass is 439 g/mol. The van der Waals surface area contributed by atoms with Gasteiger partial charge in [0.25, 0.3) is 0 Å². The van der Waals surface area contributed by atoms with E-state index in [2.05, 4.69) is 83.3 Å². The van der Waals surface area contributed by atoms with E-state index in [1.165, 1.54) is 27.8 Å².